The summed E-state index contributed by atoms with van der Waals surface area (Å²) in [6, 6.07) is 11.5. The zero-order valence-corrected chi connectivity index (χ0v) is 8.51. The van der Waals surface area contributed by atoms with Gasteiger partial charge in [0.15, 0.2) is 0 Å². The number of carbonyl (C=O) groups is 1. The van der Waals surface area contributed by atoms with Crippen LogP contribution in [-0.4, -0.2) is 5.24 Å². The van der Waals surface area contributed by atoms with Crippen molar-refractivity contribution in [3.05, 3.63) is 47.5 Å². The molecule has 0 unspecified atom stereocenters. The molecule has 2 heteroatoms. The van der Waals surface area contributed by atoms with Gasteiger partial charge in [-0.05, 0) is 35.4 Å². The number of rotatable bonds is 1. The Morgan fingerprint density at radius 1 is 1.21 bits per heavy atom. The summed E-state index contributed by atoms with van der Waals surface area (Å²) in [5.41, 5.74) is 1.70. The summed E-state index contributed by atoms with van der Waals surface area (Å²) in [6.07, 6.45) is 0. The average Bonchev–Trinajstić information content (AvgIpc) is 2.16. The van der Waals surface area contributed by atoms with Gasteiger partial charge in [0.1, 0.15) is 0 Å². The molecule has 0 saturated carbocycles. The van der Waals surface area contributed by atoms with E-state index in [2.05, 4.69) is 0 Å². The molecule has 2 aromatic rings. The highest BCUT2D eigenvalue weighted by atomic mass is 35.5. The summed E-state index contributed by atoms with van der Waals surface area (Å²) in [6.45, 7) is 1.99. The molecule has 70 valence electrons. The van der Waals surface area contributed by atoms with Crippen molar-refractivity contribution in [3.63, 3.8) is 0 Å². The standard InChI is InChI=1S/C12H9ClO/c1-8-5-6-9-3-2-4-10(12(13)14)11(9)7-8/h2-7H,1H3. The van der Waals surface area contributed by atoms with Crippen LogP contribution < -0.4 is 0 Å². The zero-order chi connectivity index (χ0) is 10.1. The third-order valence-electron chi connectivity index (χ3n) is 2.25. The van der Waals surface area contributed by atoms with Crippen molar-refractivity contribution in [2.45, 2.75) is 6.92 Å². The van der Waals surface area contributed by atoms with Gasteiger partial charge in [-0.15, -0.1) is 0 Å². The maximum Gasteiger partial charge on any atom is 0.253 e. The summed E-state index contributed by atoms with van der Waals surface area (Å²) in [5, 5.41) is 1.57. The van der Waals surface area contributed by atoms with E-state index in [0.29, 0.717) is 5.56 Å². The van der Waals surface area contributed by atoms with Gasteiger partial charge >= 0.3 is 0 Å². The second kappa shape index (κ2) is 3.43. The molecular formula is C12H9ClO. The van der Waals surface area contributed by atoms with Crippen LogP contribution >= 0.6 is 11.6 Å². The minimum absolute atomic E-state index is 0.402. The van der Waals surface area contributed by atoms with Crippen LogP contribution in [0.1, 0.15) is 15.9 Å². The quantitative estimate of drug-likeness (QED) is 0.650. The van der Waals surface area contributed by atoms with Crippen LogP contribution in [0.2, 0.25) is 0 Å². The SMILES string of the molecule is Cc1ccc2cccc(C(=O)Cl)c2c1. The third kappa shape index (κ3) is 1.51. The van der Waals surface area contributed by atoms with Gasteiger partial charge in [-0.1, -0.05) is 35.9 Å². The van der Waals surface area contributed by atoms with Crippen LogP contribution in [0.5, 0.6) is 0 Å². The van der Waals surface area contributed by atoms with Crippen LogP contribution in [0.4, 0.5) is 0 Å². The van der Waals surface area contributed by atoms with Crippen LogP contribution in [-0.2, 0) is 0 Å². The van der Waals surface area contributed by atoms with E-state index >= 15 is 0 Å². The molecule has 0 atom stereocenters. The molecule has 0 spiro atoms. The Kier molecular flexibility index (Phi) is 2.26. The average molecular weight is 205 g/mol. The van der Waals surface area contributed by atoms with Crippen molar-refractivity contribution in [2.24, 2.45) is 0 Å². The fourth-order valence-electron chi connectivity index (χ4n) is 1.56. The molecule has 0 aliphatic rings. The number of hydrogen-bond acceptors (Lipinski definition) is 1. The van der Waals surface area contributed by atoms with Gasteiger partial charge in [0.2, 0.25) is 0 Å². The first-order valence-corrected chi connectivity index (χ1v) is 4.75. The first-order chi connectivity index (χ1) is 6.68. The maximum absolute atomic E-state index is 11.1. The zero-order valence-electron chi connectivity index (χ0n) is 7.75. The second-order valence-electron chi connectivity index (χ2n) is 3.30. The molecule has 0 radical (unpaired) electrons. The second-order valence-corrected chi connectivity index (χ2v) is 3.65. The van der Waals surface area contributed by atoms with Crippen LogP contribution in [0.3, 0.4) is 0 Å². The molecule has 2 rings (SSSR count). The molecule has 0 aliphatic heterocycles. The first kappa shape index (κ1) is 9.22. The molecule has 0 aromatic heterocycles. The fourth-order valence-corrected chi connectivity index (χ4v) is 1.72. The van der Waals surface area contributed by atoms with Crippen molar-refractivity contribution in [1.29, 1.82) is 0 Å². The number of hydrogen-bond donors (Lipinski definition) is 0. The van der Waals surface area contributed by atoms with E-state index < -0.39 is 5.24 Å². The van der Waals surface area contributed by atoms with E-state index in [1.54, 1.807) is 6.07 Å². The number of fused-ring (bicyclic) bond motifs is 1. The number of halogens is 1. The van der Waals surface area contributed by atoms with E-state index in [1.165, 1.54) is 0 Å². The van der Waals surface area contributed by atoms with Crippen LogP contribution in [0, 0.1) is 6.92 Å². The predicted molar refractivity (Wildman–Crippen MR) is 58.9 cm³/mol. The molecule has 0 amide bonds. The van der Waals surface area contributed by atoms with Crippen LogP contribution in [0.25, 0.3) is 10.8 Å². The lowest BCUT2D eigenvalue weighted by atomic mass is 10.0. The Labute approximate surface area is 87.3 Å². The summed E-state index contributed by atoms with van der Waals surface area (Å²) in [7, 11) is 0. The van der Waals surface area contributed by atoms with Crippen molar-refractivity contribution in [3.8, 4) is 0 Å². The van der Waals surface area contributed by atoms with Gasteiger partial charge < -0.3 is 0 Å². The van der Waals surface area contributed by atoms with E-state index in [9.17, 15) is 4.79 Å². The number of carbonyl (C=O) groups excluding carboxylic acids is 1. The molecule has 14 heavy (non-hydrogen) atoms. The molecular weight excluding hydrogens is 196 g/mol. The fraction of sp³-hybridized carbons (Fsp3) is 0.0833. The largest absolute Gasteiger partial charge is 0.276 e. The molecule has 2 aromatic carbocycles. The summed E-state index contributed by atoms with van der Waals surface area (Å²) in [5.74, 6) is 0. The predicted octanol–water partition coefficient (Wildman–Crippen LogP) is 3.53. The van der Waals surface area contributed by atoms with Crippen molar-refractivity contribution >= 4 is 27.6 Å². The van der Waals surface area contributed by atoms with Crippen molar-refractivity contribution in [2.75, 3.05) is 0 Å². The van der Waals surface area contributed by atoms with Gasteiger partial charge in [0, 0.05) is 5.56 Å². The lowest BCUT2D eigenvalue weighted by Crippen LogP contribution is -1.90. The van der Waals surface area contributed by atoms with Gasteiger partial charge in [-0.25, -0.2) is 0 Å². The Hall–Kier alpha value is -1.34. The van der Waals surface area contributed by atoms with Gasteiger partial charge in [0.05, 0.1) is 0 Å². The number of aryl methyl sites for hydroxylation is 1. The Morgan fingerprint density at radius 3 is 2.71 bits per heavy atom. The summed E-state index contributed by atoms with van der Waals surface area (Å²) < 4.78 is 0. The Bertz CT molecular complexity index is 503. The summed E-state index contributed by atoms with van der Waals surface area (Å²) in [4.78, 5) is 11.1. The highest BCUT2D eigenvalue weighted by Gasteiger charge is 2.06. The molecule has 1 nitrogen and oxygen atoms in total. The Balaban J connectivity index is 2.84. The highest BCUT2D eigenvalue weighted by molar-refractivity contribution is 6.68. The normalized spacial score (nSPS) is 10.4. The monoisotopic (exact) mass is 204 g/mol. The lowest BCUT2D eigenvalue weighted by molar-refractivity contribution is 0.108. The third-order valence-corrected chi connectivity index (χ3v) is 2.45. The lowest BCUT2D eigenvalue weighted by Gasteiger charge is -2.02. The Morgan fingerprint density at radius 2 is 2.00 bits per heavy atom. The van der Waals surface area contributed by atoms with Crippen molar-refractivity contribution < 1.29 is 4.79 Å². The van der Waals surface area contributed by atoms with Gasteiger partial charge in [-0.3, -0.25) is 4.79 Å². The summed E-state index contributed by atoms with van der Waals surface area (Å²) >= 11 is 5.50. The van der Waals surface area contributed by atoms with E-state index in [-0.39, 0.29) is 0 Å². The van der Waals surface area contributed by atoms with Gasteiger partial charge in [-0.2, -0.15) is 0 Å². The van der Waals surface area contributed by atoms with Gasteiger partial charge in [0.25, 0.3) is 5.24 Å². The minimum atomic E-state index is -0.402. The van der Waals surface area contributed by atoms with E-state index in [0.717, 1.165) is 16.3 Å². The topological polar surface area (TPSA) is 17.1 Å². The first-order valence-electron chi connectivity index (χ1n) is 4.38. The van der Waals surface area contributed by atoms with E-state index in [4.69, 9.17) is 11.6 Å². The smallest absolute Gasteiger partial charge is 0.253 e. The van der Waals surface area contributed by atoms with E-state index in [1.807, 2.05) is 37.3 Å². The maximum atomic E-state index is 11.1. The number of benzene rings is 2. The molecule has 0 heterocycles. The van der Waals surface area contributed by atoms with Crippen LogP contribution in [0.15, 0.2) is 36.4 Å². The molecule has 0 fully saturated rings. The molecule has 0 bridgehead atoms. The minimum Gasteiger partial charge on any atom is -0.276 e. The molecule has 0 N–H and O–H groups in total. The van der Waals surface area contributed by atoms with Crippen molar-refractivity contribution in [1.82, 2.24) is 0 Å². The highest BCUT2D eigenvalue weighted by Crippen LogP contribution is 2.21. The molecule has 0 saturated heterocycles. The molecule has 0 aliphatic carbocycles.